The standard InChI is InChI=1S/C13H19ClN2O/c1-3-4-5-9(2)16-12-8-10(13(15)17)6-7-11(12)14/h6-9,16H,3-5H2,1-2H3,(H2,15,17). The Bertz CT molecular complexity index is 393. The third-order valence-electron chi connectivity index (χ3n) is 2.64. The first kappa shape index (κ1) is 13.8. The molecule has 0 saturated heterocycles. The summed E-state index contributed by atoms with van der Waals surface area (Å²) in [5.41, 5.74) is 6.48. The molecular formula is C13H19ClN2O. The smallest absolute Gasteiger partial charge is 0.248 e. The van der Waals surface area contributed by atoms with E-state index in [9.17, 15) is 4.79 Å². The first-order valence-corrected chi connectivity index (χ1v) is 6.28. The van der Waals surface area contributed by atoms with Gasteiger partial charge in [0, 0.05) is 11.6 Å². The van der Waals surface area contributed by atoms with Crippen molar-refractivity contribution < 1.29 is 4.79 Å². The molecule has 0 aliphatic rings. The molecule has 4 heteroatoms. The molecule has 0 fully saturated rings. The van der Waals surface area contributed by atoms with Crippen LogP contribution in [-0.4, -0.2) is 11.9 Å². The van der Waals surface area contributed by atoms with E-state index in [-0.39, 0.29) is 0 Å². The molecule has 0 aliphatic heterocycles. The van der Waals surface area contributed by atoms with Gasteiger partial charge in [-0.1, -0.05) is 31.4 Å². The zero-order valence-corrected chi connectivity index (χ0v) is 11.1. The number of unbranched alkanes of at least 4 members (excludes halogenated alkanes) is 1. The van der Waals surface area contributed by atoms with Crippen molar-refractivity contribution in [3.63, 3.8) is 0 Å². The number of halogens is 1. The monoisotopic (exact) mass is 254 g/mol. The molecule has 17 heavy (non-hydrogen) atoms. The van der Waals surface area contributed by atoms with Gasteiger partial charge in [-0.2, -0.15) is 0 Å². The van der Waals surface area contributed by atoms with Crippen LogP contribution in [0, 0.1) is 0 Å². The van der Waals surface area contributed by atoms with Gasteiger partial charge in [-0.3, -0.25) is 4.79 Å². The van der Waals surface area contributed by atoms with E-state index in [4.69, 9.17) is 17.3 Å². The predicted octanol–water partition coefficient (Wildman–Crippen LogP) is 3.43. The number of benzene rings is 1. The molecule has 0 aliphatic carbocycles. The first-order chi connectivity index (χ1) is 8.04. The molecule has 0 aromatic heterocycles. The molecule has 1 aromatic rings. The van der Waals surface area contributed by atoms with Crippen LogP contribution < -0.4 is 11.1 Å². The fourth-order valence-electron chi connectivity index (χ4n) is 1.64. The Kier molecular flexibility index (Phi) is 5.29. The van der Waals surface area contributed by atoms with Gasteiger partial charge in [-0.25, -0.2) is 0 Å². The van der Waals surface area contributed by atoms with E-state index >= 15 is 0 Å². The van der Waals surface area contributed by atoms with E-state index in [1.54, 1.807) is 18.2 Å². The van der Waals surface area contributed by atoms with Crippen LogP contribution in [0.15, 0.2) is 18.2 Å². The SMILES string of the molecule is CCCCC(C)Nc1cc(C(N)=O)ccc1Cl. The predicted molar refractivity (Wildman–Crippen MR) is 72.6 cm³/mol. The number of anilines is 1. The molecule has 1 aromatic carbocycles. The molecule has 1 amide bonds. The van der Waals surface area contributed by atoms with Gasteiger partial charge in [-0.15, -0.1) is 0 Å². The van der Waals surface area contributed by atoms with E-state index in [0.717, 1.165) is 12.1 Å². The maximum absolute atomic E-state index is 11.1. The first-order valence-electron chi connectivity index (χ1n) is 5.90. The number of amides is 1. The van der Waals surface area contributed by atoms with E-state index in [2.05, 4.69) is 19.2 Å². The lowest BCUT2D eigenvalue weighted by Crippen LogP contribution is -2.16. The molecule has 1 unspecified atom stereocenters. The molecule has 1 atom stereocenters. The Morgan fingerprint density at radius 3 is 2.82 bits per heavy atom. The summed E-state index contributed by atoms with van der Waals surface area (Å²) in [6, 6.07) is 5.35. The normalized spacial score (nSPS) is 12.2. The van der Waals surface area contributed by atoms with E-state index < -0.39 is 5.91 Å². The number of primary amides is 1. The Hall–Kier alpha value is -1.22. The molecule has 0 bridgehead atoms. The number of hydrogen-bond donors (Lipinski definition) is 2. The van der Waals surface area contributed by atoms with Crippen molar-refractivity contribution in [3.8, 4) is 0 Å². The molecule has 0 saturated carbocycles. The Morgan fingerprint density at radius 1 is 1.53 bits per heavy atom. The second-order valence-electron chi connectivity index (χ2n) is 4.25. The lowest BCUT2D eigenvalue weighted by molar-refractivity contribution is 0.100. The number of carbonyl (C=O) groups is 1. The average Bonchev–Trinajstić information content (AvgIpc) is 2.29. The Morgan fingerprint density at radius 2 is 2.24 bits per heavy atom. The summed E-state index contributed by atoms with van der Waals surface area (Å²) in [6.45, 7) is 4.26. The second-order valence-corrected chi connectivity index (χ2v) is 4.65. The van der Waals surface area contributed by atoms with Crippen LogP contribution in [-0.2, 0) is 0 Å². The molecule has 1 rings (SSSR count). The van der Waals surface area contributed by atoms with Gasteiger partial charge in [0.15, 0.2) is 0 Å². The molecule has 94 valence electrons. The van der Waals surface area contributed by atoms with Crippen molar-refractivity contribution in [2.75, 3.05) is 5.32 Å². The summed E-state index contributed by atoms with van der Waals surface area (Å²) < 4.78 is 0. The van der Waals surface area contributed by atoms with Crippen molar-refractivity contribution in [1.82, 2.24) is 0 Å². The quantitative estimate of drug-likeness (QED) is 0.817. The zero-order valence-electron chi connectivity index (χ0n) is 10.3. The van der Waals surface area contributed by atoms with Crippen LogP contribution in [0.3, 0.4) is 0 Å². The molecule has 0 spiro atoms. The summed E-state index contributed by atoms with van der Waals surface area (Å²) in [4.78, 5) is 11.1. The minimum atomic E-state index is -0.439. The van der Waals surface area contributed by atoms with Crippen LogP contribution >= 0.6 is 11.6 Å². The number of nitrogens with two attached hydrogens (primary N) is 1. The molecule has 3 nitrogen and oxygen atoms in total. The van der Waals surface area contributed by atoms with Crippen LogP contribution in [0.5, 0.6) is 0 Å². The van der Waals surface area contributed by atoms with Crippen molar-refractivity contribution in [2.24, 2.45) is 5.73 Å². The zero-order chi connectivity index (χ0) is 12.8. The lowest BCUT2D eigenvalue weighted by Gasteiger charge is -2.16. The van der Waals surface area contributed by atoms with Gasteiger partial charge in [0.2, 0.25) is 5.91 Å². The van der Waals surface area contributed by atoms with E-state index in [1.807, 2.05) is 0 Å². The highest BCUT2D eigenvalue weighted by Crippen LogP contribution is 2.24. The van der Waals surface area contributed by atoms with Crippen molar-refractivity contribution in [2.45, 2.75) is 39.2 Å². The van der Waals surface area contributed by atoms with Gasteiger partial charge in [0.1, 0.15) is 0 Å². The number of nitrogens with one attached hydrogen (secondary N) is 1. The molecule has 0 radical (unpaired) electrons. The van der Waals surface area contributed by atoms with Gasteiger partial charge < -0.3 is 11.1 Å². The number of hydrogen-bond acceptors (Lipinski definition) is 2. The molecule has 3 N–H and O–H groups in total. The summed E-state index contributed by atoms with van der Waals surface area (Å²) in [6.07, 6.45) is 3.41. The topological polar surface area (TPSA) is 55.1 Å². The number of carbonyl (C=O) groups excluding carboxylic acids is 1. The van der Waals surface area contributed by atoms with Crippen LogP contribution in [0.4, 0.5) is 5.69 Å². The van der Waals surface area contributed by atoms with Gasteiger partial charge in [0.25, 0.3) is 0 Å². The highest BCUT2D eigenvalue weighted by atomic mass is 35.5. The maximum atomic E-state index is 11.1. The second kappa shape index (κ2) is 6.50. The largest absolute Gasteiger partial charge is 0.381 e. The van der Waals surface area contributed by atoms with Crippen LogP contribution in [0.25, 0.3) is 0 Å². The van der Waals surface area contributed by atoms with Crippen molar-refractivity contribution >= 4 is 23.2 Å². The summed E-state index contributed by atoms with van der Waals surface area (Å²) in [5, 5.41) is 3.91. The fraction of sp³-hybridized carbons (Fsp3) is 0.462. The van der Waals surface area contributed by atoms with Crippen LogP contribution in [0.2, 0.25) is 5.02 Å². The molecule has 0 heterocycles. The van der Waals surface area contributed by atoms with Gasteiger partial charge in [0.05, 0.1) is 10.7 Å². The maximum Gasteiger partial charge on any atom is 0.248 e. The minimum Gasteiger partial charge on any atom is -0.381 e. The Labute approximate surface area is 107 Å². The van der Waals surface area contributed by atoms with E-state index in [1.165, 1.54) is 12.8 Å². The minimum absolute atomic E-state index is 0.329. The van der Waals surface area contributed by atoms with Gasteiger partial charge >= 0.3 is 0 Å². The van der Waals surface area contributed by atoms with Crippen LogP contribution in [0.1, 0.15) is 43.5 Å². The average molecular weight is 255 g/mol. The summed E-state index contributed by atoms with van der Waals surface area (Å²) >= 11 is 6.06. The third-order valence-corrected chi connectivity index (χ3v) is 2.97. The van der Waals surface area contributed by atoms with Crippen molar-refractivity contribution in [1.29, 1.82) is 0 Å². The third kappa shape index (κ3) is 4.27. The summed E-state index contributed by atoms with van der Waals surface area (Å²) in [7, 11) is 0. The van der Waals surface area contributed by atoms with E-state index in [0.29, 0.717) is 16.6 Å². The lowest BCUT2D eigenvalue weighted by atomic mass is 10.1. The Balaban J connectivity index is 2.75. The number of rotatable bonds is 6. The van der Waals surface area contributed by atoms with Gasteiger partial charge in [-0.05, 0) is 31.5 Å². The molecular weight excluding hydrogens is 236 g/mol. The fourth-order valence-corrected chi connectivity index (χ4v) is 1.81. The summed E-state index contributed by atoms with van der Waals surface area (Å²) in [5.74, 6) is -0.439. The highest BCUT2D eigenvalue weighted by molar-refractivity contribution is 6.33. The highest BCUT2D eigenvalue weighted by Gasteiger charge is 2.08. The van der Waals surface area contributed by atoms with Crippen molar-refractivity contribution in [3.05, 3.63) is 28.8 Å².